The molecular formula is C48H67ClN10O11S2. The van der Waals surface area contributed by atoms with E-state index in [9.17, 15) is 38.7 Å². The highest BCUT2D eigenvalue weighted by Gasteiger charge is 2.44. The largest absolute Gasteiger partial charge is 0.493 e. The summed E-state index contributed by atoms with van der Waals surface area (Å²) in [6, 6.07) is 4.63. The number of nitrogens with one attached hydrogen (secondary N) is 6. The number of halogens is 1. The van der Waals surface area contributed by atoms with E-state index in [4.69, 9.17) is 42.4 Å². The number of methoxy groups -OCH3 is 2. The molecule has 1 unspecified atom stereocenters. The number of carbonyl (C=O) groups is 7. The summed E-state index contributed by atoms with van der Waals surface area (Å²) in [7, 11) is 6.04. The summed E-state index contributed by atoms with van der Waals surface area (Å²) >= 11 is 6.14. The fourth-order valence-electron chi connectivity index (χ4n) is 8.64. The van der Waals surface area contributed by atoms with Crippen molar-refractivity contribution in [2.24, 2.45) is 17.4 Å². The molecule has 394 valence electrons. The third-order valence-electron chi connectivity index (χ3n) is 12.4. The normalized spacial score (nSPS) is 17.8. The number of aryl methyl sites for hydroxylation is 1. The van der Waals surface area contributed by atoms with Gasteiger partial charge in [-0.15, -0.1) is 0 Å². The molecule has 0 bridgehead atoms. The van der Waals surface area contributed by atoms with Crippen LogP contribution < -0.4 is 47.5 Å². The number of rotatable bonds is 26. The van der Waals surface area contributed by atoms with Crippen LogP contribution in [-0.2, 0) is 35.2 Å². The number of hydrogen-bond donors (Lipinski definition) is 9. The van der Waals surface area contributed by atoms with E-state index in [1.165, 1.54) is 45.6 Å². The maximum absolute atomic E-state index is 14.3. The van der Waals surface area contributed by atoms with Crippen LogP contribution in [0.3, 0.4) is 0 Å². The predicted octanol–water partition coefficient (Wildman–Crippen LogP) is 2.36. The molecule has 21 nitrogen and oxygen atoms in total. The summed E-state index contributed by atoms with van der Waals surface area (Å²) in [6.07, 6.45) is 0.775. The second-order valence-corrected chi connectivity index (χ2v) is 21.1. The molecule has 2 saturated heterocycles. The van der Waals surface area contributed by atoms with Crippen molar-refractivity contribution in [1.82, 2.24) is 36.4 Å². The van der Waals surface area contributed by atoms with E-state index >= 15 is 0 Å². The van der Waals surface area contributed by atoms with E-state index < -0.39 is 71.8 Å². The van der Waals surface area contributed by atoms with E-state index in [2.05, 4.69) is 26.6 Å². The number of hydrogen-bond acceptors (Lipinski definition) is 14. The van der Waals surface area contributed by atoms with Gasteiger partial charge in [0.25, 0.3) is 5.91 Å². The van der Waals surface area contributed by atoms with Crippen LogP contribution in [-0.4, -0.2) is 150 Å². The number of nitrogens with two attached hydrogens (primary N) is 2. The third-order valence-corrected chi connectivity index (χ3v) is 15.1. The van der Waals surface area contributed by atoms with Crippen molar-refractivity contribution in [3.63, 3.8) is 0 Å². The van der Waals surface area contributed by atoms with Crippen molar-refractivity contribution in [2.75, 3.05) is 51.9 Å². The molecule has 5 rings (SSSR count). The molecule has 0 radical (unpaired) electrons. The zero-order valence-corrected chi connectivity index (χ0v) is 43.6. The minimum Gasteiger partial charge on any atom is -0.493 e. The van der Waals surface area contributed by atoms with E-state index in [-0.39, 0.29) is 68.9 Å². The van der Waals surface area contributed by atoms with Crippen LogP contribution in [0.5, 0.6) is 11.5 Å². The number of likely N-dealkylation sites (tertiary alicyclic amines) is 2. The van der Waals surface area contributed by atoms with Crippen LogP contribution in [0.15, 0.2) is 40.8 Å². The van der Waals surface area contributed by atoms with Crippen molar-refractivity contribution in [1.29, 1.82) is 5.41 Å². The van der Waals surface area contributed by atoms with Crippen molar-refractivity contribution in [3.8, 4) is 11.5 Å². The number of furan rings is 1. The minimum atomic E-state index is -1.29. The molecule has 2 aliphatic rings. The number of carbonyl (C=O) groups excluding carboxylic acids is 7. The number of primary amides is 1. The first-order chi connectivity index (χ1) is 34.3. The van der Waals surface area contributed by atoms with Gasteiger partial charge in [0.15, 0.2) is 23.1 Å². The van der Waals surface area contributed by atoms with Gasteiger partial charge in [0.1, 0.15) is 30.2 Å². The number of amides is 7. The molecule has 1 aromatic heterocycles. The molecular weight excluding hydrogens is 992 g/mol. The van der Waals surface area contributed by atoms with Gasteiger partial charge >= 0.3 is 0 Å². The molecule has 24 heteroatoms. The van der Waals surface area contributed by atoms with Gasteiger partial charge in [-0.3, -0.25) is 39.0 Å². The molecule has 72 heavy (non-hydrogen) atoms. The van der Waals surface area contributed by atoms with Crippen LogP contribution in [0.25, 0.3) is 11.0 Å². The Bertz CT molecular complexity index is 2430. The lowest BCUT2D eigenvalue weighted by molar-refractivity contribution is -0.143. The summed E-state index contributed by atoms with van der Waals surface area (Å²) in [5.74, 6) is -2.44. The zero-order valence-electron chi connectivity index (χ0n) is 41.2. The van der Waals surface area contributed by atoms with Crippen molar-refractivity contribution < 1.29 is 52.6 Å². The van der Waals surface area contributed by atoms with Gasteiger partial charge in [-0.05, 0) is 74.8 Å². The van der Waals surface area contributed by atoms with Crippen molar-refractivity contribution >= 4 is 91.5 Å². The average Bonchev–Trinajstić information content (AvgIpc) is 4.09. The smallest absolute Gasteiger partial charge is 0.287 e. The number of guanidine groups is 1. The van der Waals surface area contributed by atoms with Crippen LogP contribution in [0.4, 0.5) is 0 Å². The monoisotopic (exact) mass is 1060 g/mol. The molecule has 2 aromatic carbocycles. The summed E-state index contributed by atoms with van der Waals surface area (Å²) < 4.78 is 16.7. The van der Waals surface area contributed by atoms with Crippen molar-refractivity contribution in [3.05, 3.63) is 58.3 Å². The molecule has 6 atom stereocenters. The van der Waals surface area contributed by atoms with Gasteiger partial charge in [-0.2, -0.15) is 0 Å². The molecule has 3 aromatic rings. The van der Waals surface area contributed by atoms with Gasteiger partial charge < -0.3 is 66.8 Å². The van der Waals surface area contributed by atoms with E-state index in [1.807, 2.05) is 6.07 Å². The number of β-amino-alcohol motifs (C(OH)–C–C–N with tert-alkyl or cyclic N) is 1. The first-order valence-corrected chi connectivity index (χ1v) is 26.7. The SMILES string of the molecule is COc1ccc2c(C)c(C(=O)NCCCSSCCC(=O)NC(C(=O)N3C[C@H](O)C[C@H]3C(=O)N[C@@H](Cc3ccc(Cl)cc3)C(=O)N[C@@H](CCCNC(=N)N)C(=O)N3CCC[C@H]3C(N)=O)C(C)C)oc2c1OC. The number of ether oxygens (including phenoxy) is 2. The highest BCUT2D eigenvalue weighted by atomic mass is 35.5. The topological polar surface area (TPSA) is 314 Å². The molecule has 7 amide bonds. The standard InChI is InChI=1S/C48H67ClN10O11S2/c1-26(2)38(57-37(61)17-22-72-71-21-8-19-53-45(65)39-27(3)31-15-16-36(68-4)41(69-5)40(31)70-39)47(67)59-25-30(60)24-35(59)44(64)56-33(23-28-11-13-29(49)14-12-28)43(63)55-32(9-6-18-54-48(51)52)46(66)58-20-7-10-34(58)42(50)62/h11-16,26,30,32-35,38,60H,6-10,17-25H2,1-5H3,(H2,50,62)(H,53,65)(H,55,63)(H,56,64)(H,57,61)(H4,51,52,54)/t30-,32+,33+,34+,35+,38?/m1/s1. The molecule has 0 saturated carbocycles. The van der Waals surface area contributed by atoms with E-state index in [1.54, 1.807) is 51.1 Å². The van der Waals surface area contributed by atoms with Crippen LogP contribution in [0.2, 0.25) is 5.02 Å². The Balaban J connectivity index is 1.16. The Morgan fingerprint density at radius 3 is 2.26 bits per heavy atom. The summed E-state index contributed by atoms with van der Waals surface area (Å²) in [6.45, 7) is 5.98. The highest BCUT2D eigenvalue weighted by Crippen LogP contribution is 2.39. The quantitative estimate of drug-likeness (QED) is 0.0241. The number of aliphatic hydroxyl groups is 1. The summed E-state index contributed by atoms with van der Waals surface area (Å²) in [5, 5.41) is 33.4. The van der Waals surface area contributed by atoms with Gasteiger partial charge in [-0.25, -0.2) is 0 Å². The Labute approximate surface area is 431 Å². The van der Waals surface area contributed by atoms with Crippen molar-refractivity contribution in [2.45, 2.75) is 108 Å². The molecule has 2 aliphatic heterocycles. The lowest BCUT2D eigenvalue weighted by Gasteiger charge is -2.32. The Hall–Kier alpha value is -5.91. The second kappa shape index (κ2) is 27.2. The first kappa shape index (κ1) is 57.0. The maximum Gasteiger partial charge on any atom is 0.287 e. The average molecular weight is 1060 g/mol. The molecule has 3 heterocycles. The van der Waals surface area contributed by atoms with Gasteiger partial charge in [-0.1, -0.05) is 59.2 Å². The first-order valence-electron chi connectivity index (χ1n) is 23.8. The van der Waals surface area contributed by atoms with E-state index in [0.717, 1.165) is 5.39 Å². The third kappa shape index (κ3) is 15.3. The van der Waals surface area contributed by atoms with Crippen LogP contribution in [0.1, 0.15) is 80.5 Å². The Kier molecular flexibility index (Phi) is 21.6. The number of fused-ring (bicyclic) bond motifs is 1. The predicted molar refractivity (Wildman–Crippen MR) is 276 cm³/mol. The fraction of sp³-hybridized carbons (Fsp3) is 0.542. The van der Waals surface area contributed by atoms with E-state index in [0.29, 0.717) is 77.0 Å². The Morgan fingerprint density at radius 1 is 0.889 bits per heavy atom. The summed E-state index contributed by atoms with van der Waals surface area (Å²) in [4.78, 5) is 97.7. The lowest BCUT2D eigenvalue weighted by atomic mass is 10.0. The highest BCUT2D eigenvalue weighted by molar-refractivity contribution is 8.76. The van der Waals surface area contributed by atoms with Gasteiger partial charge in [0.05, 0.1) is 20.3 Å². The zero-order chi connectivity index (χ0) is 52.6. The second-order valence-electron chi connectivity index (χ2n) is 18.0. The van der Waals surface area contributed by atoms with Crippen LogP contribution in [0, 0.1) is 18.3 Å². The van der Waals surface area contributed by atoms with Gasteiger partial charge in [0, 0.05) is 72.9 Å². The molecule has 11 N–H and O–H groups in total. The lowest BCUT2D eigenvalue weighted by Crippen LogP contribution is -2.59. The Morgan fingerprint density at radius 2 is 1.60 bits per heavy atom. The van der Waals surface area contributed by atoms with Gasteiger partial charge in [0.2, 0.25) is 41.2 Å². The number of benzene rings is 2. The number of nitrogens with zero attached hydrogens (tertiary/aromatic N) is 2. The maximum atomic E-state index is 14.3. The number of aliphatic hydroxyl groups excluding tert-OH is 1. The molecule has 0 aliphatic carbocycles. The summed E-state index contributed by atoms with van der Waals surface area (Å²) in [5.41, 5.74) is 12.8. The van der Waals surface area contributed by atoms with Crippen LogP contribution >= 0.6 is 33.2 Å². The molecule has 2 fully saturated rings. The molecule has 0 spiro atoms. The minimum absolute atomic E-state index is 0.0495. The fourth-order valence-corrected chi connectivity index (χ4v) is 10.8.